The van der Waals surface area contributed by atoms with Crippen molar-refractivity contribution in [3.05, 3.63) is 0 Å². The molecule has 0 atom stereocenters. The van der Waals surface area contributed by atoms with Gasteiger partial charge >= 0.3 is 12.0 Å². The summed E-state index contributed by atoms with van der Waals surface area (Å²) >= 11 is 0. The highest BCUT2D eigenvalue weighted by Gasteiger charge is 2.29. The lowest BCUT2D eigenvalue weighted by molar-refractivity contribution is -0.137. The van der Waals surface area contributed by atoms with Crippen molar-refractivity contribution in [2.24, 2.45) is 0 Å². The van der Waals surface area contributed by atoms with Crippen molar-refractivity contribution in [3.63, 3.8) is 0 Å². The molecule has 0 radical (unpaired) electrons. The molecule has 1 fully saturated rings. The number of nitrogens with one attached hydrogen (secondary N) is 1. The van der Waals surface area contributed by atoms with Crippen molar-refractivity contribution in [1.29, 1.82) is 0 Å². The number of hydrogen-bond donors (Lipinski definition) is 2. The van der Waals surface area contributed by atoms with Crippen LogP contribution in [-0.4, -0.2) is 54.4 Å². The van der Waals surface area contributed by atoms with Gasteiger partial charge in [0.1, 0.15) is 0 Å². The van der Waals surface area contributed by atoms with Crippen molar-refractivity contribution in [2.75, 3.05) is 26.8 Å². The standard InChI is InChI=1S/C11H20N2O4/c1-11(4-7-17-8-5-11)12-10(16)13(2)6-3-9(14)15/h3-8H2,1-2H3,(H,12,16)(H,14,15). The Kier molecular flexibility index (Phi) is 4.74. The predicted octanol–water partition coefficient (Wildman–Crippen LogP) is 0.672. The van der Waals surface area contributed by atoms with Crippen LogP contribution in [0, 0.1) is 0 Å². The topological polar surface area (TPSA) is 78.9 Å². The first-order valence-electron chi connectivity index (χ1n) is 5.76. The first-order chi connectivity index (χ1) is 7.93. The van der Waals surface area contributed by atoms with E-state index in [-0.39, 0.29) is 24.5 Å². The van der Waals surface area contributed by atoms with Gasteiger partial charge in [0.2, 0.25) is 0 Å². The van der Waals surface area contributed by atoms with Gasteiger partial charge < -0.3 is 20.1 Å². The average molecular weight is 244 g/mol. The maximum absolute atomic E-state index is 11.8. The summed E-state index contributed by atoms with van der Waals surface area (Å²) in [5.41, 5.74) is -0.243. The van der Waals surface area contributed by atoms with Gasteiger partial charge in [0.05, 0.1) is 6.42 Å². The molecule has 1 heterocycles. The lowest BCUT2D eigenvalue weighted by atomic mass is 9.93. The Hall–Kier alpha value is -1.30. The molecular weight excluding hydrogens is 224 g/mol. The predicted molar refractivity (Wildman–Crippen MR) is 61.9 cm³/mol. The summed E-state index contributed by atoms with van der Waals surface area (Å²) in [6, 6.07) is -0.226. The second-order valence-corrected chi connectivity index (χ2v) is 4.67. The minimum Gasteiger partial charge on any atom is -0.481 e. The third-order valence-corrected chi connectivity index (χ3v) is 3.01. The van der Waals surface area contributed by atoms with Crippen LogP contribution in [0.15, 0.2) is 0 Å². The van der Waals surface area contributed by atoms with Gasteiger partial charge in [0.25, 0.3) is 0 Å². The Bertz CT molecular complexity index is 287. The largest absolute Gasteiger partial charge is 0.481 e. The van der Waals surface area contributed by atoms with Gasteiger partial charge in [-0.25, -0.2) is 4.79 Å². The van der Waals surface area contributed by atoms with Crippen LogP contribution < -0.4 is 5.32 Å². The number of aliphatic carboxylic acids is 1. The molecule has 98 valence electrons. The highest BCUT2D eigenvalue weighted by molar-refractivity contribution is 5.75. The number of amides is 2. The second kappa shape index (κ2) is 5.86. The number of carbonyl (C=O) groups is 2. The van der Waals surface area contributed by atoms with E-state index in [9.17, 15) is 9.59 Å². The zero-order chi connectivity index (χ0) is 12.9. The molecule has 0 aromatic carbocycles. The molecule has 0 unspecified atom stereocenters. The maximum atomic E-state index is 11.8. The van der Waals surface area contributed by atoms with Crippen molar-refractivity contribution in [1.82, 2.24) is 10.2 Å². The van der Waals surface area contributed by atoms with Gasteiger partial charge in [-0.2, -0.15) is 0 Å². The van der Waals surface area contributed by atoms with Crippen LogP contribution in [0.5, 0.6) is 0 Å². The molecule has 6 heteroatoms. The second-order valence-electron chi connectivity index (χ2n) is 4.67. The molecule has 1 aliphatic rings. The average Bonchev–Trinajstić information content (AvgIpc) is 2.26. The number of ether oxygens (including phenoxy) is 1. The monoisotopic (exact) mass is 244 g/mol. The fraction of sp³-hybridized carbons (Fsp3) is 0.818. The van der Waals surface area contributed by atoms with Crippen LogP contribution in [0.3, 0.4) is 0 Å². The lowest BCUT2D eigenvalue weighted by Crippen LogP contribution is -2.53. The Morgan fingerprint density at radius 1 is 1.41 bits per heavy atom. The molecule has 17 heavy (non-hydrogen) atoms. The summed E-state index contributed by atoms with van der Waals surface area (Å²) in [6.45, 7) is 3.50. The molecule has 0 spiro atoms. The van der Waals surface area contributed by atoms with Crippen LogP contribution >= 0.6 is 0 Å². The SMILES string of the molecule is CN(CCC(=O)O)C(=O)NC1(C)CCOCC1. The number of urea groups is 1. The van der Waals surface area contributed by atoms with Crippen molar-refractivity contribution in [2.45, 2.75) is 31.7 Å². The molecule has 6 nitrogen and oxygen atoms in total. The molecular formula is C11H20N2O4. The van der Waals surface area contributed by atoms with E-state index in [4.69, 9.17) is 9.84 Å². The normalized spacial score (nSPS) is 18.5. The first kappa shape index (κ1) is 13.8. The lowest BCUT2D eigenvalue weighted by Gasteiger charge is -2.35. The van der Waals surface area contributed by atoms with Crippen LogP contribution in [-0.2, 0) is 9.53 Å². The number of carbonyl (C=O) groups excluding carboxylic acids is 1. The Morgan fingerprint density at radius 3 is 2.53 bits per heavy atom. The molecule has 0 aromatic rings. The summed E-state index contributed by atoms with van der Waals surface area (Å²) in [6.07, 6.45) is 1.53. The van der Waals surface area contributed by atoms with Gasteiger partial charge in [0.15, 0.2) is 0 Å². The third-order valence-electron chi connectivity index (χ3n) is 3.01. The molecule has 1 saturated heterocycles. The molecule has 0 saturated carbocycles. The van der Waals surface area contributed by atoms with Crippen LogP contribution in [0.4, 0.5) is 4.79 Å². The fourth-order valence-corrected chi connectivity index (χ4v) is 1.67. The van der Waals surface area contributed by atoms with E-state index in [0.29, 0.717) is 13.2 Å². The van der Waals surface area contributed by atoms with E-state index >= 15 is 0 Å². The number of hydrogen-bond acceptors (Lipinski definition) is 3. The number of rotatable bonds is 4. The van der Waals surface area contributed by atoms with E-state index in [0.717, 1.165) is 12.8 Å². The maximum Gasteiger partial charge on any atom is 0.317 e. The van der Waals surface area contributed by atoms with Gasteiger partial charge in [-0.3, -0.25) is 4.79 Å². The van der Waals surface area contributed by atoms with Crippen LogP contribution in [0.1, 0.15) is 26.2 Å². The Morgan fingerprint density at radius 2 is 2.00 bits per heavy atom. The van der Waals surface area contributed by atoms with Gasteiger partial charge in [-0.05, 0) is 19.8 Å². The summed E-state index contributed by atoms with van der Waals surface area (Å²) < 4.78 is 5.24. The van der Waals surface area contributed by atoms with E-state index < -0.39 is 5.97 Å². The van der Waals surface area contributed by atoms with Crippen molar-refractivity contribution in [3.8, 4) is 0 Å². The molecule has 1 rings (SSSR count). The van der Waals surface area contributed by atoms with Gasteiger partial charge in [0, 0.05) is 32.3 Å². The Balaban J connectivity index is 2.39. The van der Waals surface area contributed by atoms with Gasteiger partial charge in [-0.15, -0.1) is 0 Å². The first-order valence-corrected chi connectivity index (χ1v) is 5.76. The van der Waals surface area contributed by atoms with E-state index in [1.165, 1.54) is 4.90 Å². The smallest absolute Gasteiger partial charge is 0.317 e. The molecule has 0 aromatic heterocycles. The summed E-state index contributed by atoms with van der Waals surface area (Å²) in [5, 5.41) is 11.5. The minimum atomic E-state index is -0.901. The number of carboxylic acid groups (broad SMARTS) is 1. The molecule has 2 amide bonds. The number of carboxylic acids is 1. The highest BCUT2D eigenvalue weighted by Crippen LogP contribution is 2.19. The zero-order valence-corrected chi connectivity index (χ0v) is 10.4. The molecule has 1 aliphatic heterocycles. The quantitative estimate of drug-likeness (QED) is 0.762. The van der Waals surface area contributed by atoms with E-state index in [2.05, 4.69) is 5.32 Å². The van der Waals surface area contributed by atoms with Crippen molar-refractivity contribution >= 4 is 12.0 Å². The number of nitrogens with zero attached hydrogens (tertiary/aromatic N) is 1. The molecule has 2 N–H and O–H groups in total. The van der Waals surface area contributed by atoms with Crippen LogP contribution in [0.2, 0.25) is 0 Å². The van der Waals surface area contributed by atoms with E-state index in [1.54, 1.807) is 7.05 Å². The molecule has 0 aliphatic carbocycles. The minimum absolute atomic E-state index is 0.0380. The van der Waals surface area contributed by atoms with Crippen LogP contribution in [0.25, 0.3) is 0 Å². The summed E-state index contributed by atoms with van der Waals surface area (Å²) in [4.78, 5) is 23.6. The zero-order valence-electron chi connectivity index (χ0n) is 10.4. The fourth-order valence-electron chi connectivity index (χ4n) is 1.67. The summed E-state index contributed by atoms with van der Waals surface area (Å²) in [7, 11) is 1.60. The Labute approximate surface area is 101 Å². The third kappa shape index (κ3) is 4.60. The van der Waals surface area contributed by atoms with Crippen molar-refractivity contribution < 1.29 is 19.4 Å². The van der Waals surface area contributed by atoms with E-state index in [1.807, 2.05) is 6.92 Å². The van der Waals surface area contributed by atoms with Gasteiger partial charge in [-0.1, -0.05) is 0 Å². The molecule has 0 bridgehead atoms. The summed E-state index contributed by atoms with van der Waals surface area (Å²) in [5.74, 6) is -0.901. The highest BCUT2D eigenvalue weighted by atomic mass is 16.5.